The van der Waals surface area contributed by atoms with Crippen molar-refractivity contribution in [2.24, 2.45) is 0 Å². The van der Waals surface area contributed by atoms with E-state index in [2.05, 4.69) is 39.2 Å². The molecule has 0 aromatic heterocycles. The molecule has 0 N–H and O–H groups in total. The highest BCUT2D eigenvalue weighted by Gasteiger charge is 1.74. The van der Waals surface area contributed by atoms with Gasteiger partial charge in [-0.2, -0.15) is 0 Å². The minimum atomic E-state index is 1.20. The first-order chi connectivity index (χ1) is 7.83. The molecule has 0 saturated carbocycles. The third-order valence-corrected chi connectivity index (χ3v) is 1.99. The van der Waals surface area contributed by atoms with E-state index in [1.165, 1.54) is 38.5 Å². The summed E-state index contributed by atoms with van der Waals surface area (Å²) in [6.45, 7) is 11.5. The normalized spacial score (nSPS) is 10.1. The summed E-state index contributed by atoms with van der Waals surface area (Å²) in [5, 5.41) is 0. The predicted octanol–water partition coefficient (Wildman–Crippen LogP) is 5.84. The lowest BCUT2D eigenvalue weighted by Gasteiger charge is -1.84. The van der Waals surface area contributed by atoms with Crippen LogP contribution < -0.4 is 0 Å². The maximum absolute atomic E-state index is 3.57. The van der Waals surface area contributed by atoms with E-state index in [-0.39, 0.29) is 0 Å². The molecule has 0 heteroatoms. The lowest BCUT2D eigenvalue weighted by Crippen LogP contribution is -1.64. The van der Waals surface area contributed by atoms with Crippen molar-refractivity contribution in [1.82, 2.24) is 0 Å². The molecule has 16 heavy (non-hydrogen) atoms. The van der Waals surface area contributed by atoms with Gasteiger partial charge in [-0.25, -0.2) is 0 Å². The van der Waals surface area contributed by atoms with Gasteiger partial charge in [0.2, 0.25) is 0 Å². The maximum Gasteiger partial charge on any atom is -0.0348 e. The van der Waals surface area contributed by atoms with Crippen molar-refractivity contribution < 1.29 is 0 Å². The molecule has 0 fully saturated rings. The Balaban J connectivity index is 0. The quantitative estimate of drug-likeness (QED) is 0.356. The van der Waals surface area contributed by atoms with Crippen LogP contribution in [0.1, 0.15) is 52.4 Å². The highest BCUT2D eigenvalue weighted by Crippen LogP contribution is 1.94. The van der Waals surface area contributed by atoms with Crippen LogP contribution in [0.25, 0.3) is 0 Å². The summed E-state index contributed by atoms with van der Waals surface area (Å²) < 4.78 is 0. The van der Waals surface area contributed by atoms with Crippen molar-refractivity contribution in [1.29, 1.82) is 0 Å². The molecular weight excluding hydrogens is 192 g/mol. The van der Waals surface area contributed by atoms with Crippen LogP contribution in [-0.4, -0.2) is 0 Å². The minimum Gasteiger partial charge on any atom is -0.0991 e. The fourth-order valence-electron chi connectivity index (χ4n) is 1.03. The summed E-state index contributed by atoms with van der Waals surface area (Å²) in [4.78, 5) is 0. The second kappa shape index (κ2) is 19.5. The third-order valence-electron chi connectivity index (χ3n) is 1.99. The van der Waals surface area contributed by atoms with E-state index >= 15 is 0 Å². The Hall–Kier alpha value is -1.04. The first-order valence-corrected chi connectivity index (χ1v) is 6.38. The second-order valence-electron chi connectivity index (χ2n) is 3.61. The molecule has 0 aliphatic rings. The predicted molar refractivity (Wildman–Crippen MR) is 77.7 cm³/mol. The van der Waals surface area contributed by atoms with Gasteiger partial charge in [0, 0.05) is 0 Å². The van der Waals surface area contributed by atoms with Gasteiger partial charge < -0.3 is 0 Å². The van der Waals surface area contributed by atoms with E-state index in [0.29, 0.717) is 0 Å². The topological polar surface area (TPSA) is 0 Å². The fraction of sp³-hybridized carbons (Fsp3) is 0.500. The standard InChI is InChI=1S/2C8H14/c2*1-3-5-7-8-6-4-2/h2*3,5,7H,1,4,6,8H2,2H3/b2*7-5+. The second-order valence-corrected chi connectivity index (χ2v) is 3.61. The summed E-state index contributed by atoms with van der Waals surface area (Å²) in [5.74, 6) is 0. The third kappa shape index (κ3) is 23.1. The Labute approximate surface area is 102 Å². The number of allylic oxidation sites excluding steroid dienone is 6. The number of rotatable bonds is 8. The SMILES string of the molecule is C=C/C=C/CCCC.C=C/C=C/CCCC. The Bertz CT molecular complexity index is 162. The molecule has 0 aliphatic carbocycles. The van der Waals surface area contributed by atoms with Crippen molar-refractivity contribution in [3.63, 3.8) is 0 Å². The first kappa shape index (κ1) is 17.4. The minimum absolute atomic E-state index is 1.20. The van der Waals surface area contributed by atoms with Crippen LogP contribution in [0.3, 0.4) is 0 Å². The lowest BCUT2D eigenvalue weighted by atomic mass is 10.2. The van der Waals surface area contributed by atoms with Crippen molar-refractivity contribution in [3.8, 4) is 0 Å². The van der Waals surface area contributed by atoms with Crippen LogP contribution in [0.2, 0.25) is 0 Å². The molecule has 0 spiro atoms. The molecule has 0 nitrogen and oxygen atoms in total. The molecule has 0 saturated heterocycles. The Morgan fingerprint density at radius 1 is 0.750 bits per heavy atom. The average molecular weight is 220 g/mol. The molecular formula is C16H28. The summed E-state index contributed by atoms with van der Waals surface area (Å²) in [5.41, 5.74) is 0. The van der Waals surface area contributed by atoms with Gasteiger partial charge in [-0.15, -0.1) is 0 Å². The smallest absolute Gasteiger partial charge is 0.0348 e. The van der Waals surface area contributed by atoms with Crippen molar-refractivity contribution in [2.45, 2.75) is 52.4 Å². The van der Waals surface area contributed by atoms with Crippen LogP contribution in [-0.2, 0) is 0 Å². The average Bonchev–Trinajstić information content (AvgIpc) is 2.31. The van der Waals surface area contributed by atoms with E-state index in [9.17, 15) is 0 Å². The maximum atomic E-state index is 3.57. The first-order valence-electron chi connectivity index (χ1n) is 6.38. The number of hydrogen-bond donors (Lipinski definition) is 0. The largest absolute Gasteiger partial charge is 0.0991 e. The van der Waals surface area contributed by atoms with Gasteiger partial charge in [-0.05, 0) is 12.8 Å². The Morgan fingerprint density at radius 2 is 1.12 bits per heavy atom. The van der Waals surface area contributed by atoms with E-state index < -0.39 is 0 Å². The number of unbranched alkanes of at least 4 members (excludes halogenated alkanes) is 4. The Morgan fingerprint density at radius 3 is 1.38 bits per heavy atom. The molecule has 0 aromatic carbocycles. The van der Waals surface area contributed by atoms with Crippen LogP contribution in [0.5, 0.6) is 0 Å². The Kier molecular flexibility index (Phi) is 21.2. The van der Waals surface area contributed by atoms with Crippen molar-refractivity contribution >= 4 is 0 Å². The molecule has 0 atom stereocenters. The number of hydrogen-bond acceptors (Lipinski definition) is 0. The van der Waals surface area contributed by atoms with Gasteiger partial charge in [-0.3, -0.25) is 0 Å². The van der Waals surface area contributed by atoms with E-state index in [1.54, 1.807) is 0 Å². The molecule has 0 amide bonds. The van der Waals surface area contributed by atoms with E-state index in [1.807, 2.05) is 24.3 Å². The lowest BCUT2D eigenvalue weighted by molar-refractivity contribution is 0.815. The van der Waals surface area contributed by atoms with Crippen molar-refractivity contribution in [2.75, 3.05) is 0 Å². The van der Waals surface area contributed by atoms with E-state index in [0.717, 1.165) is 0 Å². The zero-order valence-corrected chi connectivity index (χ0v) is 11.1. The van der Waals surface area contributed by atoms with Gasteiger partial charge in [0.05, 0.1) is 0 Å². The van der Waals surface area contributed by atoms with Crippen LogP contribution >= 0.6 is 0 Å². The molecule has 0 bridgehead atoms. The van der Waals surface area contributed by atoms with Gasteiger partial charge in [0.1, 0.15) is 0 Å². The van der Waals surface area contributed by atoms with Crippen molar-refractivity contribution in [3.05, 3.63) is 49.6 Å². The van der Waals surface area contributed by atoms with Crippen LogP contribution in [0, 0.1) is 0 Å². The summed E-state index contributed by atoms with van der Waals surface area (Å²) >= 11 is 0. The molecule has 0 aromatic rings. The zero-order chi connectivity index (χ0) is 12.5. The van der Waals surface area contributed by atoms with Gasteiger partial charge in [0.15, 0.2) is 0 Å². The molecule has 0 unspecified atom stereocenters. The summed E-state index contributed by atoms with van der Waals surface area (Å²) in [6.07, 6.45) is 19.5. The molecule has 0 aliphatic heterocycles. The molecule has 0 radical (unpaired) electrons. The van der Waals surface area contributed by atoms with Gasteiger partial charge in [0.25, 0.3) is 0 Å². The van der Waals surface area contributed by atoms with Gasteiger partial charge >= 0.3 is 0 Å². The monoisotopic (exact) mass is 220 g/mol. The zero-order valence-electron chi connectivity index (χ0n) is 11.1. The summed E-state index contributed by atoms with van der Waals surface area (Å²) in [7, 11) is 0. The summed E-state index contributed by atoms with van der Waals surface area (Å²) in [6, 6.07) is 0. The molecule has 0 heterocycles. The highest BCUT2D eigenvalue weighted by atomic mass is 13.8. The molecule has 0 rings (SSSR count). The molecule has 92 valence electrons. The van der Waals surface area contributed by atoms with Gasteiger partial charge in [-0.1, -0.05) is 89.1 Å². The van der Waals surface area contributed by atoms with Crippen LogP contribution in [0.15, 0.2) is 49.6 Å². The van der Waals surface area contributed by atoms with E-state index in [4.69, 9.17) is 0 Å². The van der Waals surface area contributed by atoms with Crippen LogP contribution in [0.4, 0.5) is 0 Å². The highest BCUT2D eigenvalue weighted by molar-refractivity contribution is 4.97. The fourth-order valence-corrected chi connectivity index (χ4v) is 1.03.